The number of nitrogens with two attached hydrogens (primary N) is 1. The van der Waals surface area contributed by atoms with Crippen LogP contribution in [0.1, 0.15) is 72.1 Å². The number of benzene rings is 4. The summed E-state index contributed by atoms with van der Waals surface area (Å²) in [6, 6.07) is 31.9. The van der Waals surface area contributed by atoms with Crippen LogP contribution in [0.2, 0.25) is 10.0 Å². The summed E-state index contributed by atoms with van der Waals surface area (Å²) < 4.78 is 61.8. The second kappa shape index (κ2) is 21.5. The Morgan fingerprint density at radius 2 is 0.973 bits per heavy atom. The van der Waals surface area contributed by atoms with E-state index in [9.17, 15) is 21.6 Å². The van der Waals surface area contributed by atoms with Crippen molar-refractivity contribution in [2.24, 2.45) is 5.73 Å². The highest BCUT2D eigenvalue weighted by atomic mass is 35.5. The van der Waals surface area contributed by atoms with Gasteiger partial charge in [-0.1, -0.05) is 96.0 Å². The van der Waals surface area contributed by atoms with Crippen molar-refractivity contribution in [2.75, 3.05) is 10.6 Å². The number of carbonyl (C=O) groups excluding carboxylic acids is 1. The lowest BCUT2D eigenvalue weighted by Crippen LogP contribution is -2.42. The van der Waals surface area contributed by atoms with Crippen LogP contribution in [-0.4, -0.2) is 80.6 Å². The lowest BCUT2D eigenvalue weighted by Gasteiger charge is -2.30. The van der Waals surface area contributed by atoms with Gasteiger partial charge in [-0.3, -0.25) is 0 Å². The third kappa shape index (κ3) is 11.6. The number of ether oxygens (including phenoxy) is 1. The molecule has 8 aromatic rings. The van der Waals surface area contributed by atoms with Crippen LogP contribution >= 0.6 is 23.2 Å². The third-order valence-corrected chi connectivity index (χ3v) is 16.8. The highest BCUT2D eigenvalue weighted by molar-refractivity contribution is 7.90. The predicted molar refractivity (Wildman–Crippen MR) is 287 cm³/mol. The van der Waals surface area contributed by atoms with E-state index in [4.69, 9.17) is 38.7 Å². The molecule has 4 heterocycles. The van der Waals surface area contributed by atoms with E-state index in [1.807, 2.05) is 51.1 Å². The van der Waals surface area contributed by atoms with Crippen LogP contribution in [0.25, 0.3) is 44.3 Å². The van der Waals surface area contributed by atoms with Gasteiger partial charge in [0.25, 0.3) is 20.0 Å². The first kappa shape index (κ1) is 51.3. The molecule has 0 unspecified atom stereocenters. The summed E-state index contributed by atoms with van der Waals surface area (Å²) in [6.07, 6.45) is 12.9. The zero-order valence-electron chi connectivity index (χ0n) is 40.5. The summed E-state index contributed by atoms with van der Waals surface area (Å²) in [5, 5.41) is 11.9. The lowest BCUT2D eigenvalue weighted by atomic mass is 9.91. The molecule has 0 atom stereocenters. The molecular weight excluding hydrogens is 1010 g/mol. The zero-order valence-corrected chi connectivity index (χ0v) is 43.6. The fourth-order valence-electron chi connectivity index (χ4n) is 9.22. The summed E-state index contributed by atoms with van der Waals surface area (Å²) in [5.74, 6) is 0.878. The van der Waals surface area contributed by atoms with E-state index in [-0.39, 0.29) is 34.0 Å². The molecule has 0 spiro atoms. The predicted octanol–water partition coefficient (Wildman–Crippen LogP) is 10.9. The minimum absolute atomic E-state index is 0.0484. The number of amides is 1. The Bertz CT molecular complexity index is 3480. The second-order valence-electron chi connectivity index (χ2n) is 19.2. The van der Waals surface area contributed by atoms with Gasteiger partial charge in [0.1, 0.15) is 5.60 Å². The first-order valence-electron chi connectivity index (χ1n) is 24.1. The number of nitrogens with zero attached hydrogens (tertiary/aromatic N) is 6. The van der Waals surface area contributed by atoms with Crippen molar-refractivity contribution in [1.29, 1.82) is 0 Å². The van der Waals surface area contributed by atoms with Crippen molar-refractivity contribution in [3.63, 3.8) is 0 Å². The number of rotatable bonds is 11. The molecule has 20 heteroatoms. The normalized spacial score (nSPS) is 18.4. The van der Waals surface area contributed by atoms with Gasteiger partial charge >= 0.3 is 6.09 Å². The molecule has 2 saturated carbocycles. The molecule has 1 amide bonds. The van der Waals surface area contributed by atoms with E-state index in [1.165, 1.54) is 14.1 Å². The number of nitrogens with one attached hydrogen (secondary N) is 3. The summed E-state index contributed by atoms with van der Waals surface area (Å²) in [4.78, 5) is 30.6. The Morgan fingerprint density at radius 1 is 0.589 bits per heavy atom. The number of para-hydroxylation sites is 2. The van der Waals surface area contributed by atoms with Gasteiger partial charge in [0.05, 0.1) is 54.7 Å². The van der Waals surface area contributed by atoms with Crippen LogP contribution < -0.4 is 21.7 Å². The smallest absolute Gasteiger partial charge is 0.407 e. The molecule has 2 aliphatic rings. The minimum atomic E-state index is -3.85. The van der Waals surface area contributed by atoms with E-state index < -0.39 is 31.7 Å². The van der Waals surface area contributed by atoms with Gasteiger partial charge < -0.3 is 26.4 Å². The number of hydrogen-bond acceptors (Lipinski definition) is 13. The number of halogens is 2. The molecule has 2 aliphatic carbocycles. The van der Waals surface area contributed by atoms with Crippen molar-refractivity contribution in [2.45, 2.75) is 112 Å². The monoisotopic (exact) mass is 1060 g/mol. The van der Waals surface area contributed by atoms with E-state index in [0.717, 1.165) is 56.8 Å². The molecule has 10 rings (SSSR count). The number of carbonyl (C=O) groups is 1. The Morgan fingerprint density at radius 3 is 1.40 bits per heavy atom. The molecule has 73 heavy (non-hydrogen) atoms. The van der Waals surface area contributed by atoms with Gasteiger partial charge in [-0.2, -0.15) is 0 Å². The standard InChI is InChI=1S/C29H32ClN5O4S.C24H24ClN5O2S/c1-29(2,3)39-28(36)33-20-15-13-19(14-16-20)32-27-31-17-24(30)26(34-27)23-18-35(25-12-8-7-11-22(23)25)40(37,38)21-9-5-4-6-10-21;25-21-14-27-24(28-17-12-10-16(26)11-13-17)29-23(21)20-15-30(22-9-5-4-8-19(20)22)33(31,32)18-6-2-1-3-7-18/h4-12,17-20H,13-16H2,1-3H3,(H,33,36)(H,31,32,34);1-9,14-17H,10-13,26H2,(H,27,28,29). The van der Waals surface area contributed by atoms with Crippen molar-refractivity contribution < 1.29 is 26.4 Å². The van der Waals surface area contributed by atoms with E-state index in [1.54, 1.807) is 97.5 Å². The fourth-order valence-corrected chi connectivity index (χ4v) is 12.4. The number of anilines is 2. The molecule has 4 aromatic heterocycles. The average Bonchev–Trinajstić information content (AvgIpc) is 3.97. The first-order valence-corrected chi connectivity index (χ1v) is 27.7. The number of hydrogen-bond donors (Lipinski definition) is 4. The van der Waals surface area contributed by atoms with Gasteiger partial charge in [-0.05, 0) is 109 Å². The van der Waals surface area contributed by atoms with Crippen molar-refractivity contribution in [3.05, 3.63) is 144 Å². The highest BCUT2D eigenvalue weighted by Gasteiger charge is 2.28. The van der Waals surface area contributed by atoms with Crippen LogP contribution in [0.5, 0.6) is 0 Å². The second-order valence-corrected chi connectivity index (χ2v) is 23.7. The average molecular weight is 1060 g/mol. The largest absolute Gasteiger partial charge is 0.444 e. The minimum Gasteiger partial charge on any atom is -0.444 e. The maximum absolute atomic E-state index is 13.5. The lowest BCUT2D eigenvalue weighted by molar-refractivity contribution is 0.0492. The van der Waals surface area contributed by atoms with Gasteiger partial charge in [-0.15, -0.1) is 0 Å². The molecule has 0 radical (unpaired) electrons. The van der Waals surface area contributed by atoms with Gasteiger partial charge in [0.15, 0.2) is 0 Å². The molecule has 380 valence electrons. The number of fused-ring (bicyclic) bond motifs is 2. The molecule has 0 saturated heterocycles. The molecule has 2 fully saturated rings. The van der Waals surface area contributed by atoms with E-state index in [0.29, 0.717) is 60.9 Å². The van der Waals surface area contributed by atoms with Gasteiger partial charge in [0, 0.05) is 58.5 Å². The SMILES string of the molecule is CC(C)(C)OC(=O)NC1CCC(Nc2ncc(Cl)c(-c3cn(S(=O)(=O)c4ccccc4)c4ccccc34)n2)CC1.NC1CCC(Nc2ncc(Cl)c(-c3cn(S(=O)(=O)c4ccccc4)c4ccccc34)n2)CC1. The highest BCUT2D eigenvalue weighted by Crippen LogP contribution is 2.38. The van der Waals surface area contributed by atoms with Crippen molar-refractivity contribution in [1.82, 2.24) is 33.2 Å². The van der Waals surface area contributed by atoms with Crippen molar-refractivity contribution in [3.8, 4) is 22.5 Å². The molecule has 0 bridgehead atoms. The van der Waals surface area contributed by atoms with Crippen LogP contribution in [0.15, 0.2) is 144 Å². The Hall–Kier alpha value is -6.57. The van der Waals surface area contributed by atoms with E-state index in [2.05, 4.69) is 30.9 Å². The van der Waals surface area contributed by atoms with E-state index >= 15 is 0 Å². The quantitative estimate of drug-likeness (QED) is 0.0949. The molecule has 4 aromatic carbocycles. The Balaban J connectivity index is 0.000000183. The summed E-state index contributed by atoms with van der Waals surface area (Å²) in [5.41, 5.74) is 8.72. The molecule has 5 N–H and O–H groups in total. The molecular formula is C53H56Cl2N10O6S2. The van der Waals surface area contributed by atoms with Crippen LogP contribution in [0.4, 0.5) is 16.7 Å². The van der Waals surface area contributed by atoms with Gasteiger partial charge in [-0.25, -0.2) is 49.5 Å². The number of alkyl carbamates (subject to hydrolysis) is 1. The summed E-state index contributed by atoms with van der Waals surface area (Å²) in [7, 11) is -7.65. The fraction of sp³-hybridized carbons (Fsp3) is 0.302. The number of aromatic nitrogens is 6. The molecule has 16 nitrogen and oxygen atoms in total. The maximum atomic E-state index is 13.5. The Labute approximate surface area is 434 Å². The Kier molecular flexibility index (Phi) is 15.1. The van der Waals surface area contributed by atoms with Crippen molar-refractivity contribution >= 4 is 83.0 Å². The summed E-state index contributed by atoms with van der Waals surface area (Å²) >= 11 is 13.1. The first-order chi connectivity index (χ1) is 34.9. The zero-order chi connectivity index (χ0) is 51.5. The van der Waals surface area contributed by atoms with Crippen LogP contribution in [0, 0.1) is 0 Å². The topological polar surface area (TPSA) is 218 Å². The van der Waals surface area contributed by atoms with Crippen LogP contribution in [-0.2, 0) is 24.8 Å². The molecule has 0 aliphatic heterocycles. The van der Waals surface area contributed by atoms with Crippen LogP contribution in [0.3, 0.4) is 0 Å². The maximum Gasteiger partial charge on any atom is 0.407 e. The van der Waals surface area contributed by atoms with Gasteiger partial charge in [0.2, 0.25) is 11.9 Å². The summed E-state index contributed by atoms with van der Waals surface area (Å²) in [6.45, 7) is 5.52. The third-order valence-electron chi connectivity index (χ3n) is 12.8.